The van der Waals surface area contributed by atoms with Gasteiger partial charge in [0.2, 0.25) is 0 Å². The quantitative estimate of drug-likeness (QED) is 0.197. The first kappa shape index (κ1) is 34.7. The lowest BCUT2D eigenvalue weighted by Gasteiger charge is -2.49. The lowest BCUT2D eigenvalue weighted by Crippen LogP contribution is -2.48. The van der Waals surface area contributed by atoms with Crippen molar-refractivity contribution in [3.05, 3.63) is 70.8 Å². The van der Waals surface area contributed by atoms with Crippen LogP contribution in [0.2, 0.25) is 0 Å². The summed E-state index contributed by atoms with van der Waals surface area (Å²) in [4.78, 5) is 6.38. The molecule has 0 spiro atoms. The molecule has 1 saturated heterocycles. The van der Waals surface area contributed by atoms with Crippen LogP contribution in [0, 0.1) is 11.8 Å². The largest absolute Gasteiger partial charge is 0.493 e. The van der Waals surface area contributed by atoms with Gasteiger partial charge in [0.15, 0.2) is 23.0 Å². The van der Waals surface area contributed by atoms with Crippen molar-refractivity contribution in [1.82, 2.24) is 9.80 Å². The molecule has 0 aromatic heterocycles. The van der Waals surface area contributed by atoms with Gasteiger partial charge in [-0.25, -0.2) is 0 Å². The summed E-state index contributed by atoms with van der Waals surface area (Å²) in [6.45, 7) is 6.17. The fourth-order valence-corrected chi connectivity index (χ4v) is 8.71. The summed E-state index contributed by atoms with van der Waals surface area (Å²) in [6.07, 6.45) is 6.61. The molecule has 0 amide bonds. The molecule has 3 heterocycles. The highest BCUT2D eigenvalue weighted by Crippen LogP contribution is 2.49. The molecule has 260 valence electrons. The number of aliphatic hydroxyl groups excluding tert-OH is 1. The number of hydrogen-bond acceptors (Lipinski definition) is 9. The van der Waals surface area contributed by atoms with E-state index in [4.69, 9.17) is 23.7 Å². The number of β-amino-alcohol motifs (C(OH)–C–C–N with tert-alkyl or cyclic N) is 1. The van der Waals surface area contributed by atoms with E-state index in [0.29, 0.717) is 24.4 Å². The third-order valence-electron chi connectivity index (χ3n) is 10.9. The maximum atomic E-state index is 11.3. The molecule has 3 aromatic carbocycles. The summed E-state index contributed by atoms with van der Waals surface area (Å²) in [6, 6.07) is 17.3. The first-order valence-electron chi connectivity index (χ1n) is 17.3. The summed E-state index contributed by atoms with van der Waals surface area (Å²) < 4.78 is 29.0. The molecule has 1 fully saturated rings. The number of methoxy groups -OCH3 is 4. The average Bonchev–Trinajstić information content (AvgIpc) is 3.13. The summed E-state index contributed by atoms with van der Waals surface area (Å²) in [5, 5.41) is 11.3. The second kappa shape index (κ2) is 15.6. The minimum Gasteiger partial charge on any atom is -0.493 e. The molecule has 48 heavy (non-hydrogen) atoms. The number of ether oxygens (including phenoxy) is 5. The third-order valence-corrected chi connectivity index (χ3v) is 11.6. The van der Waals surface area contributed by atoms with Gasteiger partial charge in [0, 0.05) is 43.2 Å². The molecule has 0 saturated carbocycles. The zero-order valence-corrected chi connectivity index (χ0v) is 30.2. The van der Waals surface area contributed by atoms with Crippen molar-refractivity contribution in [3.63, 3.8) is 0 Å². The van der Waals surface area contributed by atoms with Crippen LogP contribution >= 0.6 is 11.8 Å². The van der Waals surface area contributed by atoms with Gasteiger partial charge in [0.25, 0.3) is 0 Å². The van der Waals surface area contributed by atoms with E-state index in [1.807, 2.05) is 12.1 Å². The molecule has 0 bridgehead atoms. The smallest absolute Gasteiger partial charge is 0.161 e. The fourth-order valence-electron chi connectivity index (χ4n) is 8.30. The maximum absolute atomic E-state index is 11.3. The van der Waals surface area contributed by atoms with Crippen LogP contribution in [0.4, 0.5) is 0 Å². The van der Waals surface area contributed by atoms with E-state index in [1.54, 1.807) is 40.2 Å². The second-order valence-electron chi connectivity index (χ2n) is 13.4. The van der Waals surface area contributed by atoms with Gasteiger partial charge >= 0.3 is 0 Å². The van der Waals surface area contributed by atoms with Gasteiger partial charge in [-0.1, -0.05) is 13.3 Å². The number of thioether (sulfide) groups is 1. The molecule has 1 unspecified atom stereocenters. The van der Waals surface area contributed by atoms with Gasteiger partial charge in [-0.2, -0.15) is 0 Å². The number of piperidine rings is 1. The van der Waals surface area contributed by atoms with Crippen LogP contribution in [0.5, 0.6) is 28.7 Å². The minimum atomic E-state index is -0.620. The van der Waals surface area contributed by atoms with E-state index < -0.39 is 6.10 Å². The first-order valence-corrected chi connectivity index (χ1v) is 18.5. The summed E-state index contributed by atoms with van der Waals surface area (Å²) in [7, 11) is 6.85. The molecule has 8 nitrogen and oxygen atoms in total. The number of fused-ring (bicyclic) bond motifs is 4. The Morgan fingerprint density at radius 3 is 2.04 bits per heavy atom. The lowest BCUT2D eigenvalue weighted by atomic mass is 9.72. The van der Waals surface area contributed by atoms with Crippen molar-refractivity contribution >= 4 is 11.8 Å². The molecular weight excluding hydrogens is 625 g/mol. The molecule has 1 N–H and O–H groups in total. The van der Waals surface area contributed by atoms with Crippen LogP contribution in [-0.2, 0) is 12.8 Å². The molecule has 3 aromatic rings. The topological polar surface area (TPSA) is 72.9 Å². The van der Waals surface area contributed by atoms with Crippen molar-refractivity contribution < 1.29 is 28.8 Å². The monoisotopic (exact) mass is 676 g/mol. The average molecular weight is 677 g/mol. The van der Waals surface area contributed by atoms with E-state index in [1.165, 1.54) is 27.1 Å². The number of nitrogens with zero attached hydrogens (tertiary/aromatic N) is 2. The Kier molecular flexibility index (Phi) is 11.3. The zero-order chi connectivity index (χ0) is 33.8. The van der Waals surface area contributed by atoms with Crippen molar-refractivity contribution in [2.75, 3.05) is 67.5 Å². The summed E-state index contributed by atoms with van der Waals surface area (Å²) >= 11 is 1.70. The van der Waals surface area contributed by atoms with Gasteiger partial charge < -0.3 is 28.8 Å². The van der Waals surface area contributed by atoms with Crippen LogP contribution < -0.4 is 23.7 Å². The highest BCUT2D eigenvalue weighted by molar-refractivity contribution is 7.98. The molecule has 3 aliphatic rings. The first-order chi connectivity index (χ1) is 23.4. The fraction of sp³-hybridized carbons (Fsp3) is 0.538. The van der Waals surface area contributed by atoms with Crippen LogP contribution in [0.1, 0.15) is 60.5 Å². The minimum absolute atomic E-state index is 0.142. The number of aliphatic hydroxyl groups is 1. The van der Waals surface area contributed by atoms with Gasteiger partial charge in [-0.15, -0.1) is 11.8 Å². The lowest BCUT2D eigenvalue weighted by molar-refractivity contribution is 0.0139. The standard InChI is InChI=1S/C39H52N2O6S/c1-7-25-22-40-14-12-26-18-36(43-2)38(45-4)20-32(26)34(40)16-28(25)17-35-33-21-39(46-5)37(44-3)19-27(33)13-15-41(35)23-29(42)24-47-30-8-10-31(48-6)11-9-30/h8-11,18-21,25,28-29,34-35,42H,7,12-17,22-24H2,1-6H3/t25-,28+,29?,34-,35+/m0/s1. The van der Waals surface area contributed by atoms with Gasteiger partial charge in [-0.05, 0) is 115 Å². The predicted molar refractivity (Wildman–Crippen MR) is 191 cm³/mol. The number of rotatable bonds is 13. The molecule has 0 aliphatic carbocycles. The van der Waals surface area contributed by atoms with Crippen molar-refractivity contribution in [1.29, 1.82) is 0 Å². The molecule has 3 aliphatic heterocycles. The molecular formula is C39H52N2O6S. The van der Waals surface area contributed by atoms with Crippen molar-refractivity contribution in [2.24, 2.45) is 11.8 Å². The normalized spacial score (nSPS) is 23.0. The number of hydrogen-bond donors (Lipinski definition) is 1. The Morgan fingerprint density at radius 2 is 1.42 bits per heavy atom. The summed E-state index contributed by atoms with van der Waals surface area (Å²) in [5.74, 6) is 5.01. The SMILES string of the molecule is CC[C@H]1CN2CCc3cc(OC)c(OC)cc3[C@@H]2C[C@@H]1C[C@@H]1c2cc(OC)c(OC)cc2CCN1CC(O)COc1ccc(SC)cc1. The van der Waals surface area contributed by atoms with Gasteiger partial charge in [0.05, 0.1) is 28.4 Å². The predicted octanol–water partition coefficient (Wildman–Crippen LogP) is 6.82. The highest BCUT2D eigenvalue weighted by Gasteiger charge is 2.41. The molecule has 9 heteroatoms. The maximum Gasteiger partial charge on any atom is 0.161 e. The van der Waals surface area contributed by atoms with Gasteiger partial charge in [0.1, 0.15) is 18.5 Å². The van der Waals surface area contributed by atoms with Gasteiger partial charge in [-0.3, -0.25) is 9.80 Å². The Bertz CT molecular complexity index is 1530. The Morgan fingerprint density at radius 1 is 0.812 bits per heavy atom. The Hall–Kier alpha value is -3.11. The Labute approximate surface area is 290 Å². The van der Waals surface area contributed by atoms with E-state index in [-0.39, 0.29) is 12.6 Å². The van der Waals surface area contributed by atoms with Crippen molar-refractivity contribution in [2.45, 2.75) is 62.1 Å². The second-order valence-corrected chi connectivity index (χ2v) is 14.3. The van der Waals surface area contributed by atoms with E-state index >= 15 is 0 Å². The summed E-state index contributed by atoms with van der Waals surface area (Å²) in [5.41, 5.74) is 5.34. The van der Waals surface area contributed by atoms with E-state index in [0.717, 1.165) is 80.5 Å². The molecule has 0 radical (unpaired) electrons. The highest BCUT2D eigenvalue weighted by atomic mass is 32.2. The van der Waals surface area contributed by atoms with E-state index in [2.05, 4.69) is 59.4 Å². The van der Waals surface area contributed by atoms with Crippen molar-refractivity contribution in [3.8, 4) is 28.7 Å². The number of benzene rings is 3. The van der Waals surface area contributed by atoms with E-state index in [9.17, 15) is 5.11 Å². The Balaban J connectivity index is 1.27. The van der Waals surface area contributed by atoms with Crippen LogP contribution in [0.3, 0.4) is 0 Å². The van der Waals surface area contributed by atoms with Crippen LogP contribution in [-0.4, -0.2) is 88.5 Å². The molecule has 5 atom stereocenters. The molecule has 6 rings (SSSR count). The zero-order valence-electron chi connectivity index (χ0n) is 29.4. The van der Waals surface area contributed by atoms with Crippen LogP contribution in [0.15, 0.2) is 53.4 Å². The van der Waals surface area contributed by atoms with Crippen LogP contribution in [0.25, 0.3) is 0 Å². The third kappa shape index (κ3) is 7.25.